The van der Waals surface area contributed by atoms with Crippen LogP contribution >= 0.6 is 11.6 Å². The average molecular weight is 362 g/mol. The van der Waals surface area contributed by atoms with Gasteiger partial charge in [-0.05, 0) is 42.0 Å². The smallest absolute Gasteiger partial charge is 0.143 e. The van der Waals surface area contributed by atoms with Gasteiger partial charge in [-0.3, -0.25) is 0 Å². The summed E-state index contributed by atoms with van der Waals surface area (Å²) >= 11 is 6.31. The van der Waals surface area contributed by atoms with E-state index in [1.165, 1.54) is 6.33 Å². The van der Waals surface area contributed by atoms with Crippen LogP contribution in [-0.4, -0.2) is 9.97 Å². The zero-order chi connectivity index (χ0) is 17.8. The number of benzene rings is 3. The largest absolute Gasteiger partial charge is 0.489 e. The maximum Gasteiger partial charge on any atom is 0.143 e. The summed E-state index contributed by atoms with van der Waals surface area (Å²) in [5, 5.41) is 4.72. The minimum Gasteiger partial charge on any atom is -0.489 e. The third kappa shape index (κ3) is 3.60. The van der Waals surface area contributed by atoms with Gasteiger partial charge in [0, 0.05) is 5.69 Å². The number of ether oxygens (including phenoxy) is 1. The monoisotopic (exact) mass is 361 g/mol. The van der Waals surface area contributed by atoms with Crippen LogP contribution in [0.2, 0.25) is 5.02 Å². The molecule has 0 unspecified atom stereocenters. The average Bonchev–Trinajstić information content (AvgIpc) is 2.69. The lowest BCUT2D eigenvalue weighted by Gasteiger charge is -2.11. The molecule has 26 heavy (non-hydrogen) atoms. The summed E-state index contributed by atoms with van der Waals surface area (Å²) in [4.78, 5) is 8.58. The number of aromatic nitrogens is 2. The molecule has 0 amide bonds. The fraction of sp³-hybridized carbons (Fsp3) is 0.0476. The molecule has 0 aliphatic rings. The highest BCUT2D eigenvalue weighted by molar-refractivity contribution is 6.36. The quantitative estimate of drug-likeness (QED) is 0.502. The Morgan fingerprint density at radius 3 is 2.46 bits per heavy atom. The van der Waals surface area contributed by atoms with E-state index < -0.39 is 0 Å². The molecule has 1 N–H and O–H groups in total. The molecule has 5 heteroatoms. The first-order valence-electron chi connectivity index (χ1n) is 8.23. The Labute approximate surface area is 156 Å². The van der Waals surface area contributed by atoms with Crippen molar-refractivity contribution < 1.29 is 4.74 Å². The highest BCUT2D eigenvalue weighted by Crippen LogP contribution is 2.29. The Hall–Kier alpha value is -3.11. The Bertz CT molecular complexity index is 1020. The van der Waals surface area contributed by atoms with Gasteiger partial charge in [-0.1, -0.05) is 48.0 Å². The molecular weight excluding hydrogens is 346 g/mol. The maximum atomic E-state index is 6.31. The molecule has 4 rings (SSSR count). The molecule has 4 nitrogen and oxygen atoms in total. The molecule has 0 saturated carbocycles. The van der Waals surface area contributed by atoms with Gasteiger partial charge in [0.15, 0.2) is 0 Å². The predicted octanol–water partition coefficient (Wildman–Crippen LogP) is 5.61. The molecule has 0 atom stereocenters. The lowest BCUT2D eigenvalue weighted by atomic mass is 10.2. The van der Waals surface area contributed by atoms with Crippen LogP contribution in [0.3, 0.4) is 0 Å². The van der Waals surface area contributed by atoms with E-state index in [1.54, 1.807) is 0 Å². The molecule has 0 spiro atoms. The van der Waals surface area contributed by atoms with Gasteiger partial charge in [-0.15, -0.1) is 0 Å². The van der Waals surface area contributed by atoms with Crippen molar-refractivity contribution in [3.63, 3.8) is 0 Å². The first kappa shape index (κ1) is 16.4. The highest BCUT2D eigenvalue weighted by Gasteiger charge is 2.08. The van der Waals surface area contributed by atoms with E-state index >= 15 is 0 Å². The fourth-order valence-electron chi connectivity index (χ4n) is 2.68. The molecule has 4 aromatic rings. The van der Waals surface area contributed by atoms with Crippen molar-refractivity contribution in [2.45, 2.75) is 6.61 Å². The number of nitrogens with one attached hydrogen (secondary N) is 1. The first-order valence-corrected chi connectivity index (χ1v) is 8.60. The summed E-state index contributed by atoms with van der Waals surface area (Å²) in [7, 11) is 0. The van der Waals surface area contributed by atoms with E-state index in [-0.39, 0.29) is 0 Å². The van der Waals surface area contributed by atoms with Gasteiger partial charge in [-0.25, -0.2) is 9.97 Å². The van der Waals surface area contributed by atoms with Gasteiger partial charge >= 0.3 is 0 Å². The van der Waals surface area contributed by atoms with Crippen LogP contribution in [0.1, 0.15) is 5.56 Å². The maximum absolute atomic E-state index is 6.31. The summed E-state index contributed by atoms with van der Waals surface area (Å²) in [6.07, 6.45) is 1.53. The van der Waals surface area contributed by atoms with Crippen LogP contribution < -0.4 is 10.1 Å². The SMILES string of the molecule is Clc1cccc2ncnc(Nc3ccc(OCc4ccccc4)cc3)c12. The molecule has 0 bridgehead atoms. The number of nitrogens with zero attached hydrogens (tertiary/aromatic N) is 2. The molecule has 1 aromatic heterocycles. The van der Waals surface area contributed by atoms with Crippen molar-refractivity contribution >= 4 is 34.0 Å². The molecule has 3 aromatic carbocycles. The van der Waals surface area contributed by atoms with Crippen LogP contribution in [0.25, 0.3) is 10.9 Å². The second kappa shape index (κ2) is 7.42. The number of halogens is 1. The fourth-order valence-corrected chi connectivity index (χ4v) is 2.93. The molecule has 0 aliphatic heterocycles. The Kier molecular flexibility index (Phi) is 4.67. The van der Waals surface area contributed by atoms with Gasteiger partial charge in [0.25, 0.3) is 0 Å². The second-order valence-electron chi connectivity index (χ2n) is 5.78. The lowest BCUT2D eigenvalue weighted by Crippen LogP contribution is -1.97. The molecule has 128 valence electrons. The van der Waals surface area contributed by atoms with Crippen LogP contribution in [0.4, 0.5) is 11.5 Å². The van der Waals surface area contributed by atoms with Crippen LogP contribution in [0.15, 0.2) is 79.1 Å². The van der Waals surface area contributed by atoms with Crippen molar-refractivity contribution in [3.05, 3.63) is 89.7 Å². The van der Waals surface area contributed by atoms with E-state index in [9.17, 15) is 0 Å². The molecular formula is C21H16ClN3O. The first-order chi connectivity index (χ1) is 12.8. The minimum absolute atomic E-state index is 0.541. The number of hydrogen-bond acceptors (Lipinski definition) is 4. The third-order valence-corrected chi connectivity index (χ3v) is 4.29. The van der Waals surface area contributed by atoms with Crippen molar-refractivity contribution in [2.75, 3.05) is 5.32 Å². The number of rotatable bonds is 5. The van der Waals surface area contributed by atoms with Gasteiger partial charge in [-0.2, -0.15) is 0 Å². The van der Waals surface area contributed by atoms with E-state index in [1.807, 2.05) is 72.8 Å². The predicted molar refractivity (Wildman–Crippen MR) is 105 cm³/mol. The highest BCUT2D eigenvalue weighted by atomic mass is 35.5. The number of hydrogen-bond donors (Lipinski definition) is 1. The lowest BCUT2D eigenvalue weighted by molar-refractivity contribution is 0.306. The normalized spacial score (nSPS) is 10.7. The molecule has 0 aliphatic carbocycles. The summed E-state index contributed by atoms with van der Waals surface area (Å²) in [6, 6.07) is 23.5. The van der Waals surface area contributed by atoms with Gasteiger partial charge in [0.2, 0.25) is 0 Å². The number of anilines is 2. The Balaban J connectivity index is 1.50. The molecule has 1 heterocycles. The van der Waals surface area contributed by atoms with Crippen molar-refractivity contribution in [3.8, 4) is 5.75 Å². The summed E-state index contributed by atoms with van der Waals surface area (Å²) in [5.41, 5.74) is 2.84. The Morgan fingerprint density at radius 2 is 1.65 bits per heavy atom. The van der Waals surface area contributed by atoms with Crippen molar-refractivity contribution in [1.82, 2.24) is 9.97 Å². The summed E-state index contributed by atoms with van der Waals surface area (Å²) in [5.74, 6) is 1.49. The Morgan fingerprint density at radius 1 is 0.846 bits per heavy atom. The summed E-state index contributed by atoms with van der Waals surface area (Å²) < 4.78 is 5.81. The van der Waals surface area contributed by atoms with Crippen molar-refractivity contribution in [1.29, 1.82) is 0 Å². The zero-order valence-corrected chi connectivity index (χ0v) is 14.6. The standard InChI is InChI=1S/C21H16ClN3O/c22-18-7-4-8-19-20(18)21(24-14-23-19)25-16-9-11-17(12-10-16)26-13-15-5-2-1-3-6-15/h1-12,14H,13H2,(H,23,24,25). The van der Waals surface area contributed by atoms with E-state index in [2.05, 4.69) is 15.3 Å². The van der Waals surface area contributed by atoms with E-state index in [0.717, 1.165) is 27.9 Å². The van der Waals surface area contributed by atoms with Crippen molar-refractivity contribution in [2.24, 2.45) is 0 Å². The minimum atomic E-state index is 0.541. The van der Waals surface area contributed by atoms with Crippen LogP contribution in [-0.2, 0) is 6.61 Å². The topological polar surface area (TPSA) is 47.0 Å². The third-order valence-electron chi connectivity index (χ3n) is 3.98. The van der Waals surface area contributed by atoms with Crippen LogP contribution in [0.5, 0.6) is 5.75 Å². The van der Waals surface area contributed by atoms with Gasteiger partial charge in [0.05, 0.1) is 15.9 Å². The van der Waals surface area contributed by atoms with E-state index in [4.69, 9.17) is 16.3 Å². The number of fused-ring (bicyclic) bond motifs is 1. The molecule has 0 fully saturated rings. The molecule has 0 saturated heterocycles. The second-order valence-corrected chi connectivity index (χ2v) is 6.19. The van der Waals surface area contributed by atoms with Crippen LogP contribution in [0, 0.1) is 0 Å². The summed E-state index contributed by atoms with van der Waals surface area (Å²) in [6.45, 7) is 0.541. The zero-order valence-electron chi connectivity index (χ0n) is 13.9. The van der Waals surface area contributed by atoms with Gasteiger partial charge < -0.3 is 10.1 Å². The van der Waals surface area contributed by atoms with Gasteiger partial charge in [0.1, 0.15) is 24.5 Å². The molecule has 0 radical (unpaired) electrons. The van der Waals surface area contributed by atoms with E-state index in [0.29, 0.717) is 17.4 Å².